The van der Waals surface area contributed by atoms with Gasteiger partial charge in [-0.3, -0.25) is 9.69 Å². The summed E-state index contributed by atoms with van der Waals surface area (Å²) < 4.78 is 0. The molecule has 1 aromatic rings. The molecule has 0 amide bonds. The van der Waals surface area contributed by atoms with Crippen LogP contribution in [0.2, 0.25) is 5.02 Å². The predicted molar refractivity (Wildman–Crippen MR) is 83.5 cm³/mol. The zero-order valence-corrected chi connectivity index (χ0v) is 13.1. The van der Waals surface area contributed by atoms with Gasteiger partial charge in [0.1, 0.15) is 0 Å². The van der Waals surface area contributed by atoms with Crippen molar-refractivity contribution in [2.75, 3.05) is 0 Å². The maximum atomic E-state index is 10.9. The third-order valence-corrected chi connectivity index (χ3v) is 5.34. The van der Waals surface area contributed by atoms with Crippen molar-refractivity contribution in [3.05, 3.63) is 34.3 Å². The van der Waals surface area contributed by atoms with Crippen molar-refractivity contribution in [3.8, 4) is 0 Å². The van der Waals surface area contributed by atoms with Gasteiger partial charge in [0.05, 0.1) is 0 Å². The van der Waals surface area contributed by atoms with Crippen LogP contribution in [0.4, 0.5) is 0 Å². The summed E-state index contributed by atoms with van der Waals surface area (Å²) in [5.41, 5.74) is 2.59. The molecule has 0 aliphatic carbocycles. The van der Waals surface area contributed by atoms with Crippen molar-refractivity contribution in [1.82, 2.24) is 4.90 Å². The van der Waals surface area contributed by atoms with E-state index in [2.05, 4.69) is 17.9 Å². The van der Waals surface area contributed by atoms with Gasteiger partial charge < -0.3 is 5.11 Å². The summed E-state index contributed by atoms with van der Waals surface area (Å²) in [5.74, 6) is -0.288. The lowest BCUT2D eigenvalue weighted by atomic mass is 9.88. The van der Waals surface area contributed by atoms with Crippen LogP contribution in [0.15, 0.2) is 18.2 Å². The quantitative estimate of drug-likeness (QED) is 0.918. The predicted octanol–water partition coefficient (Wildman–Crippen LogP) is 3.87. The molecule has 2 fully saturated rings. The second-order valence-corrected chi connectivity index (χ2v) is 7.00. The molecule has 4 heteroatoms. The number of aryl methyl sites for hydroxylation is 1. The van der Waals surface area contributed by atoms with Gasteiger partial charge in [0.2, 0.25) is 0 Å². The highest BCUT2D eigenvalue weighted by Gasteiger charge is 2.40. The van der Waals surface area contributed by atoms with Crippen molar-refractivity contribution in [1.29, 1.82) is 0 Å². The van der Waals surface area contributed by atoms with Gasteiger partial charge in [-0.1, -0.05) is 17.7 Å². The van der Waals surface area contributed by atoms with Crippen molar-refractivity contribution in [3.63, 3.8) is 0 Å². The molecule has 0 radical (unpaired) electrons. The fraction of sp³-hybridized carbons (Fsp3) is 0.588. The standard InChI is InChI=1S/C17H22ClNO2/c1-11-6-14(18)3-2-13(11)10-19-15-4-5-16(19)8-12(7-15)9-17(20)21/h2-3,6,12,15-16H,4-5,7-10H2,1H3,(H,20,21). The molecule has 3 rings (SSSR count). The van der Waals surface area contributed by atoms with Gasteiger partial charge in [-0.2, -0.15) is 0 Å². The van der Waals surface area contributed by atoms with E-state index >= 15 is 0 Å². The number of rotatable bonds is 4. The highest BCUT2D eigenvalue weighted by atomic mass is 35.5. The summed E-state index contributed by atoms with van der Waals surface area (Å²) in [5, 5.41) is 9.79. The number of piperidine rings is 1. The minimum atomic E-state index is -0.651. The highest BCUT2D eigenvalue weighted by Crippen LogP contribution is 2.41. The van der Waals surface area contributed by atoms with Crippen LogP contribution < -0.4 is 0 Å². The molecule has 2 atom stereocenters. The number of aliphatic carboxylic acids is 1. The third kappa shape index (κ3) is 3.24. The van der Waals surface area contributed by atoms with E-state index in [1.807, 2.05) is 12.1 Å². The van der Waals surface area contributed by atoms with E-state index in [1.165, 1.54) is 24.0 Å². The van der Waals surface area contributed by atoms with Crippen LogP contribution in [-0.4, -0.2) is 28.1 Å². The Bertz CT molecular complexity index is 532. The summed E-state index contributed by atoms with van der Waals surface area (Å²) in [6.07, 6.45) is 4.84. The summed E-state index contributed by atoms with van der Waals surface area (Å²) in [6.45, 7) is 3.08. The van der Waals surface area contributed by atoms with Crippen LogP contribution in [0, 0.1) is 12.8 Å². The van der Waals surface area contributed by atoms with Gasteiger partial charge in [0.25, 0.3) is 0 Å². The van der Waals surface area contributed by atoms with Crippen LogP contribution in [0.5, 0.6) is 0 Å². The summed E-state index contributed by atoms with van der Waals surface area (Å²) in [7, 11) is 0. The van der Waals surface area contributed by atoms with E-state index in [4.69, 9.17) is 16.7 Å². The fourth-order valence-electron chi connectivity index (χ4n) is 4.09. The molecular formula is C17H22ClNO2. The second-order valence-electron chi connectivity index (χ2n) is 6.56. The Morgan fingerprint density at radius 1 is 1.33 bits per heavy atom. The molecule has 2 bridgehead atoms. The van der Waals surface area contributed by atoms with E-state index in [-0.39, 0.29) is 0 Å². The van der Waals surface area contributed by atoms with Crippen LogP contribution >= 0.6 is 11.6 Å². The average molecular weight is 308 g/mol. The molecule has 2 aliphatic heterocycles. The molecule has 2 unspecified atom stereocenters. The number of carboxylic acid groups (broad SMARTS) is 1. The first-order valence-corrected chi connectivity index (χ1v) is 8.13. The van der Waals surface area contributed by atoms with Crippen LogP contribution in [0.3, 0.4) is 0 Å². The Morgan fingerprint density at radius 2 is 2.00 bits per heavy atom. The largest absolute Gasteiger partial charge is 0.481 e. The molecule has 2 heterocycles. The minimum absolute atomic E-state index is 0.334. The van der Waals surface area contributed by atoms with Gasteiger partial charge in [0, 0.05) is 30.1 Å². The van der Waals surface area contributed by atoms with Gasteiger partial charge in [-0.05, 0) is 61.8 Å². The van der Waals surface area contributed by atoms with E-state index in [1.54, 1.807) is 0 Å². The van der Waals surface area contributed by atoms with Crippen molar-refractivity contribution in [2.45, 2.75) is 57.7 Å². The van der Waals surface area contributed by atoms with E-state index in [0.29, 0.717) is 24.4 Å². The normalized spacial score (nSPS) is 28.8. The van der Waals surface area contributed by atoms with Crippen LogP contribution in [0.1, 0.15) is 43.2 Å². The number of hydrogen-bond donors (Lipinski definition) is 1. The molecule has 0 saturated carbocycles. The van der Waals surface area contributed by atoms with Crippen molar-refractivity contribution >= 4 is 17.6 Å². The Kier molecular flexibility index (Phi) is 4.23. The van der Waals surface area contributed by atoms with Crippen molar-refractivity contribution < 1.29 is 9.90 Å². The molecular weight excluding hydrogens is 286 g/mol. The number of halogens is 1. The maximum absolute atomic E-state index is 10.9. The molecule has 1 aromatic carbocycles. The number of benzene rings is 1. The van der Waals surface area contributed by atoms with Crippen LogP contribution in [-0.2, 0) is 11.3 Å². The lowest BCUT2D eigenvalue weighted by Gasteiger charge is -2.39. The first-order valence-electron chi connectivity index (χ1n) is 7.75. The SMILES string of the molecule is Cc1cc(Cl)ccc1CN1C2CCC1CC(CC(=O)O)C2. The summed E-state index contributed by atoms with van der Waals surface area (Å²) in [6, 6.07) is 7.23. The summed E-state index contributed by atoms with van der Waals surface area (Å²) >= 11 is 6.03. The first kappa shape index (κ1) is 14.9. The lowest BCUT2D eigenvalue weighted by Crippen LogP contribution is -2.42. The fourth-order valence-corrected chi connectivity index (χ4v) is 4.32. The molecule has 21 heavy (non-hydrogen) atoms. The average Bonchev–Trinajstić information content (AvgIpc) is 2.64. The maximum Gasteiger partial charge on any atom is 0.303 e. The number of fused-ring (bicyclic) bond motifs is 2. The molecule has 0 aromatic heterocycles. The molecule has 3 nitrogen and oxygen atoms in total. The molecule has 2 saturated heterocycles. The number of carboxylic acids is 1. The Morgan fingerprint density at radius 3 is 2.57 bits per heavy atom. The topological polar surface area (TPSA) is 40.5 Å². The molecule has 2 aliphatic rings. The second kappa shape index (κ2) is 5.98. The van der Waals surface area contributed by atoms with Crippen LogP contribution in [0.25, 0.3) is 0 Å². The lowest BCUT2D eigenvalue weighted by molar-refractivity contribution is -0.138. The number of hydrogen-bond acceptors (Lipinski definition) is 2. The van der Waals surface area contributed by atoms with Gasteiger partial charge in [-0.15, -0.1) is 0 Å². The van der Waals surface area contributed by atoms with Gasteiger partial charge in [-0.25, -0.2) is 0 Å². The Hall–Kier alpha value is -1.06. The summed E-state index contributed by atoms with van der Waals surface area (Å²) in [4.78, 5) is 13.5. The van der Waals surface area contributed by atoms with Gasteiger partial charge in [0.15, 0.2) is 0 Å². The Labute approximate surface area is 130 Å². The number of carbonyl (C=O) groups is 1. The highest BCUT2D eigenvalue weighted by molar-refractivity contribution is 6.30. The molecule has 114 valence electrons. The zero-order valence-electron chi connectivity index (χ0n) is 12.4. The van der Waals surface area contributed by atoms with E-state index < -0.39 is 5.97 Å². The monoisotopic (exact) mass is 307 g/mol. The molecule has 1 N–H and O–H groups in total. The van der Waals surface area contributed by atoms with Crippen molar-refractivity contribution in [2.24, 2.45) is 5.92 Å². The molecule has 0 spiro atoms. The number of nitrogens with zero attached hydrogens (tertiary/aromatic N) is 1. The van der Waals surface area contributed by atoms with E-state index in [9.17, 15) is 4.79 Å². The zero-order chi connectivity index (χ0) is 15.0. The smallest absolute Gasteiger partial charge is 0.303 e. The minimum Gasteiger partial charge on any atom is -0.481 e. The first-order chi connectivity index (χ1) is 10.0. The Balaban J connectivity index is 1.69. The van der Waals surface area contributed by atoms with E-state index in [0.717, 1.165) is 24.4 Å². The van der Waals surface area contributed by atoms with Gasteiger partial charge >= 0.3 is 5.97 Å². The third-order valence-electron chi connectivity index (χ3n) is 5.10.